The fourth-order valence-corrected chi connectivity index (χ4v) is 4.17. The smallest absolute Gasteiger partial charge is 0.124 e. The van der Waals surface area contributed by atoms with Crippen LogP contribution in [0, 0.1) is 0 Å². The molecule has 1 fully saturated rings. The summed E-state index contributed by atoms with van der Waals surface area (Å²) in [6, 6.07) is 2.10. The van der Waals surface area contributed by atoms with Crippen molar-refractivity contribution in [3.8, 4) is 10.6 Å². The molecule has 21 heavy (non-hydrogen) atoms. The SMILES string of the molecule is CN(Cc1csc(-c2ccsc2)n1)CC1(O)CCOCC1. The lowest BCUT2D eigenvalue weighted by molar-refractivity contribution is -0.0778. The Morgan fingerprint density at radius 3 is 2.90 bits per heavy atom. The summed E-state index contributed by atoms with van der Waals surface area (Å²) in [6.45, 7) is 2.75. The van der Waals surface area contributed by atoms with Crippen LogP contribution < -0.4 is 0 Å². The van der Waals surface area contributed by atoms with E-state index in [0.717, 1.165) is 17.2 Å². The van der Waals surface area contributed by atoms with Crippen molar-refractivity contribution in [2.45, 2.75) is 25.0 Å². The summed E-state index contributed by atoms with van der Waals surface area (Å²) in [4.78, 5) is 6.84. The minimum absolute atomic E-state index is 0.612. The van der Waals surface area contributed by atoms with Gasteiger partial charge >= 0.3 is 0 Å². The van der Waals surface area contributed by atoms with Gasteiger partial charge in [-0.25, -0.2) is 4.98 Å². The summed E-state index contributed by atoms with van der Waals surface area (Å²) in [5, 5.41) is 17.9. The molecule has 0 unspecified atom stereocenters. The predicted molar refractivity (Wildman–Crippen MR) is 86.8 cm³/mol. The van der Waals surface area contributed by atoms with E-state index in [0.29, 0.717) is 32.6 Å². The Bertz CT molecular complexity index is 562. The highest BCUT2D eigenvalue weighted by Gasteiger charge is 2.31. The van der Waals surface area contributed by atoms with Crippen LogP contribution in [0.5, 0.6) is 0 Å². The average Bonchev–Trinajstić information content (AvgIpc) is 3.08. The van der Waals surface area contributed by atoms with Gasteiger partial charge in [-0.15, -0.1) is 11.3 Å². The Balaban J connectivity index is 1.58. The summed E-state index contributed by atoms with van der Waals surface area (Å²) < 4.78 is 5.32. The number of aliphatic hydroxyl groups is 1. The molecule has 0 spiro atoms. The monoisotopic (exact) mass is 324 g/mol. The van der Waals surface area contributed by atoms with Crippen LogP contribution in [0.1, 0.15) is 18.5 Å². The van der Waals surface area contributed by atoms with Gasteiger partial charge in [-0.2, -0.15) is 11.3 Å². The van der Waals surface area contributed by atoms with Gasteiger partial charge in [0.05, 0.1) is 11.3 Å². The lowest BCUT2D eigenvalue weighted by Gasteiger charge is -2.35. The zero-order chi connectivity index (χ0) is 14.7. The van der Waals surface area contributed by atoms with E-state index in [-0.39, 0.29) is 0 Å². The van der Waals surface area contributed by atoms with Gasteiger partial charge in [-0.1, -0.05) is 0 Å². The third-order valence-corrected chi connectivity index (χ3v) is 5.36. The molecule has 2 aromatic heterocycles. The highest BCUT2D eigenvalue weighted by molar-refractivity contribution is 7.14. The van der Waals surface area contributed by atoms with Gasteiger partial charge in [0.1, 0.15) is 5.01 Å². The molecule has 0 atom stereocenters. The molecule has 0 radical (unpaired) electrons. The summed E-state index contributed by atoms with van der Waals surface area (Å²) >= 11 is 3.37. The maximum absolute atomic E-state index is 10.5. The zero-order valence-corrected chi connectivity index (χ0v) is 13.8. The number of rotatable bonds is 5. The third kappa shape index (κ3) is 3.90. The molecule has 1 N–H and O–H groups in total. The van der Waals surface area contributed by atoms with E-state index in [2.05, 4.69) is 32.1 Å². The van der Waals surface area contributed by atoms with Gasteiger partial charge in [0.25, 0.3) is 0 Å². The Kier molecular flexibility index (Phi) is 4.71. The van der Waals surface area contributed by atoms with Gasteiger partial charge in [-0.3, -0.25) is 4.90 Å². The number of hydrogen-bond donors (Lipinski definition) is 1. The molecule has 3 heterocycles. The highest BCUT2D eigenvalue weighted by atomic mass is 32.1. The topological polar surface area (TPSA) is 45.6 Å². The van der Waals surface area contributed by atoms with Crippen molar-refractivity contribution in [3.05, 3.63) is 27.9 Å². The molecule has 1 aliphatic heterocycles. The largest absolute Gasteiger partial charge is 0.388 e. The summed E-state index contributed by atoms with van der Waals surface area (Å²) in [7, 11) is 2.04. The van der Waals surface area contributed by atoms with Crippen LogP contribution in [0.2, 0.25) is 0 Å². The Hall–Kier alpha value is -0.790. The van der Waals surface area contributed by atoms with Crippen molar-refractivity contribution < 1.29 is 9.84 Å². The van der Waals surface area contributed by atoms with Gasteiger partial charge in [0.2, 0.25) is 0 Å². The Morgan fingerprint density at radius 1 is 1.38 bits per heavy atom. The first-order valence-electron chi connectivity index (χ1n) is 7.10. The number of ether oxygens (including phenoxy) is 1. The molecule has 2 aromatic rings. The summed E-state index contributed by atoms with van der Waals surface area (Å²) in [6.07, 6.45) is 1.43. The van der Waals surface area contributed by atoms with E-state index in [1.54, 1.807) is 22.7 Å². The quantitative estimate of drug-likeness (QED) is 0.918. The maximum atomic E-state index is 10.5. The number of hydrogen-bond acceptors (Lipinski definition) is 6. The molecular formula is C15H20N2O2S2. The minimum Gasteiger partial charge on any atom is -0.388 e. The van der Waals surface area contributed by atoms with Gasteiger partial charge in [0.15, 0.2) is 0 Å². The predicted octanol–water partition coefficient (Wildman–Crippen LogP) is 2.84. The molecule has 3 rings (SSSR count). The lowest BCUT2D eigenvalue weighted by atomic mass is 9.94. The molecule has 6 heteroatoms. The molecule has 1 saturated heterocycles. The first-order chi connectivity index (χ1) is 10.1. The lowest BCUT2D eigenvalue weighted by Crippen LogP contribution is -2.45. The van der Waals surface area contributed by atoms with Crippen LogP contribution in [0.25, 0.3) is 10.6 Å². The Morgan fingerprint density at radius 2 is 2.19 bits per heavy atom. The van der Waals surface area contributed by atoms with Crippen LogP contribution in [0.15, 0.2) is 22.2 Å². The van der Waals surface area contributed by atoms with Crippen molar-refractivity contribution in [3.63, 3.8) is 0 Å². The first-order valence-corrected chi connectivity index (χ1v) is 8.93. The Labute approximate surface area is 133 Å². The first kappa shape index (κ1) is 15.1. The number of aromatic nitrogens is 1. The standard InChI is InChI=1S/C15H20N2O2S2/c1-17(11-15(18)3-5-19-6-4-15)8-13-10-21-14(16-13)12-2-7-20-9-12/h2,7,9-10,18H,3-6,8,11H2,1H3. The van der Waals surface area contributed by atoms with E-state index in [4.69, 9.17) is 4.74 Å². The highest BCUT2D eigenvalue weighted by Crippen LogP contribution is 2.27. The van der Waals surface area contributed by atoms with Crippen molar-refractivity contribution in [2.75, 3.05) is 26.8 Å². The zero-order valence-electron chi connectivity index (χ0n) is 12.1. The van der Waals surface area contributed by atoms with Crippen molar-refractivity contribution in [1.82, 2.24) is 9.88 Å². The van der Waals surface area contributed by atoms with Crippen molar-refractivity contribution in [2.24, 2.45) is 0 Å². The molecule has 0 aliphatic carbocycles. The molecule has 0 saturated carbocycles. The van der Waals surface area contributed by atoms with E-state index >= 15 is 0 Å². The average molecular weight is 324 g/mol. The van der Waals surface area contributed by atoms with Crippen LogP contribution >= 0.6 is 22.7 Å². The molecule has 114 valence electrons. The van der Waals surface area contributed by atoms with Crippen molar-refractivity contribution in [1.29, 1.82) is 0 Å². The summed E-state index contributed by atoms with van der Waals surface area (Å²) in [5.41, 5.74) is 1.65. The number of thiophene rings is 1. The normalized spacial score (nSPS) is 18.2. The van der Waals surface area contributed by atoms with Gasteiger partial charge < -0.3 is 9.84 Å². The number of nitrogens with zero attached hydrogens (tertiary/aromatic N) is 2. The molecule has 4 nitrogen and oxygen atoms in total. The molecule has 1 aliphatic rings. The molecular weight excluding hydrogens is 304 g/mol. The summed E-state index contributed by atoms with van der Waals surface area (Å²) in [5.74, 6) is 0. The maximum Gasteiger partial charge on any atom is 0.124 e. The minimum atomic E-state index is -0.612. The molecule has 0 amide bonds. The van der Waals surface area contributed by atoms with Crippen LogP contribution in [0.4, 0.5) is 0 Å². The van der Waals surface area contributed by atoms with E-state index in [1.807, 2.05) is 7.05 Å². The second kappa shape index (κ2) is 6.54. The number of likely N-dealkylation sites (N-methyl/N-ethyl adjacent to an activating group) is 1. The fraction of sp³-hybridized carbons (Fsp3) is 0.533. The fourth-order valence-electron chi connectivity index (χ4n) is 2.64. The second-order valence-electron chi connectivity index (χ2n) is 5.67. The van der Waals surface area contributed by atoms with Crippen LogP contribution in [-0.4, -0.2) is 47.4 Å². The van der Waals surface area contributed by atoms with Gasteiger partial charge in [-0.05, 0) is 18.5 Å². The van der Waals surface area contributed by atoms with Crippen molar-refractivity contribution >= 4 is 22.7 Å². The third-order valence-electron chi connectivity index (χ3n) is 3.74. The van der Waals surface area contributed by atoms with E-state index in [9.17, 15) is 5.11 Å². The second-order valence-corrected chi connectivity index (χ2v) is 7.30. The van der Waals surface area contributed by atoms with Gasteiger partial charge in [0, 0.05) is 55.5 Å². The number of thiazole rings is 1. The van der Waals surface area contributed by atoms with E-state index < -0.39 is 5.60 Å². The van der Waals surface area contributed by atoms with Crippen LogP contribution in [0.3, 0.4) is 0 Å². The van der Waals surface area contributed by atoms with Crippen LogP contribution in [-0.2, 0) is 11.3 Å². The molecule has 0 bridgehead atoms. The van der Waals surface area contributed by atoms with E-state index in [1.165, 1.54) is 5.56 Å². The molecule has 0 aromatic carbocycles.